The lowest BCUT2D eigenvalue weighted by Gasteiger charge is -2.36. The molecule has 0 atom stereocenters. The molecular weight excluding hydrogens is 435 g/mol. The third-order valence-electron chi connectivity index (χ3n) is 5.00. The molecule has 1 aliphatic heterocycles. The number of amides is 1. The summed E-state index contributed by atoms with van der Waals surface area (Å²) in [4.78, 5) is 36.4. The molecule has 1 aliphatic rings. The summed E-state index contributed by atoms with van der Waals surface area (Å²) in [7, 11) is 0. The normalized spacial score (nSPS) is 14.2. The summed E-state index contributed by atoms with van der Waals surface area (Å²) >= 11 is 0. The van der Waals surface area contributed by atoms with Crippen molar-refractivity contribution in [3.05, 3.63) is 68.3 Å². The Bertz CT molecular complexity index is 1040. The maximum absolute atomic E-state index is 12.9. The largest absolute Gasteiger partial charge is 0.416 e. The molecule has 0 aliphatic carbocycles. The summed E-state index contributed by atoms with van der Waals surface area (Å²) in [5.74, 6) is -0.329. The quantitative estimate of drug-likeness (QED) is 0.526. The molecule has 10 nitrogen and oxygen atoms in total. The van der Waals surface area contributed by atoms with Crippen molar-refractivity contribution in [2.24, 2.45) is 0 Å². The van der Waals surface area contributed by atoms with Crippen molar-refractivity contribution in [1.29, 1.82) is 0 Å². The Morgan fingerprint density at radius 2 is 1.59 bits per heavy atom. The van der Waals surface area contributed by atoms with Crippen molar-refractivity contribution in [2.45, 2.75) is 6.18 Å². The van der Waals surface area contributed by atoms with Gasteiger partial charge in [0.2, 0.25) is 5.91 Å². The van der Waals surface area contributed by atoms with Crippen LogP contribution in [0.4, 0.5) is 35.9 Å². The number of nitro groups is 2. The Balaban J connectivity index is 1.63. The van der Waals surface area contributed by atoms with E-state index in [1.165, 1.54) is 23.1 Å². The second-order valence-electron chi connectivity index (χ2n) is 6.95. The van der Waals surface area contributed by atoms with Crippen LogP contribution in [0, 0.1) is 20.2 Å². The molecule has 32 heavy (non-hydrogen) atoms. The van der Waals surface area contributed by atoms with E-state index in [-0.39, 0.29) is 55.7 Å². The zero-order valence-corrected chi connectivity index (χ0v) is 16.5. The van der Waals surface area contributed by atoms with Crippen molar-refractivity contribution in [2.75, 3.05) is 42.9 Å². The van der Waals surface area contributed by atoms with Crippen LogP contribution in [0.25, 0.3) is 0 Å². The second-order valence-corrected chi connectivity index (χ2v) is 6.95. The summed E-state index contributed by atoms with van der Waals surface area (Å²) in [6, 6.07) is 8.24. The van der Waals surface area contributed by atoms with Crippen LogP contribution in [-0.2, 0) is 11.0 Å². The lowest BCUT2D eigenvalue weighted by molar-refractivity contribution is -0.384. The molecule has 1 N–H and O–H groups in total. The number of alkyl halides is 3. The molecule has 1 amide bonds. The Morgan fingerprint density at radius 3 is 2.19 bits per heavy atom. The van der Waals surface area contributed by atoms with Gasteiger partial charge in [0.25, 0.3) is 11.4 Å². The molecule has 0 aromatic heterocycles. The van der Waals surface area contributed by atoms with Crippen LogP contribution >= 0.6 is 0 Å². The first-order chi connectivity index (χ1) is 15.1. The monoisotopic (exact) mass is 453 g/mol. The van der Waals surface area contributed by atoms with Crippen LogP contribution in [-0.4, -0.2) is 53.4 Å². The molecule has 0 spiro atoms. The fourth-order valence-electron chi connectivity index (χ4n) is 3.38. The molecule has 2 aromatic carbocycles. The van der Waals surface area contributed by atoms with Crippen molar-refractivity contribution in [1.82, 2.24) is 4.90 Å². The van der Waals surface area contributed by atoms with E-state index in [9.17, 15) is 38.2 Å². The van der Waals surface area contributed by atoms with E-state index in [1.54, 1.807) is 11.0 Å². The molecule has 2 aromatic rings. The van der Waals surface area contributed by atoms with E-state index in [0.717, 1.165) is 12.1 Å². The minimum absolute atomic E-state index is 0.0492. The lowest BCUT2D eigenvalue weighted by Crippen LogP contribution is -2.50. The molecule has 1 saturated heterocycles. The molecule has 1 heterocycles. The number of piperazine rings is 1. The number of hydrogen-bond acceptors (Lipinski definition) is 7. The Morgan fingerprint density at radius 1 is 0.969 bits per heavy atom. The van der Waals surface area contributed by atoms with Gasteiger partial charge < -0.3 is 15.1 Å². The number of halogens is 3. The minimum atomic E-state index is -4.70. The number of nitrogens with zero attached hydrogens (tertiary/aromatic N) is 4. The molecular formula is C19H18F3N5O5. The number of nitrogens with one attached hydrogen (secondary N) is 1. The number of rotatable bonds is 6. The fraction of sp³-hybridized carbons (Fsp3) is 0.316. The maximum atomic E-state index is 12.9. The highest BCUT2D eigenvalue weighted by atomic mass is 19.4. The van der Waals surface area contributed by atoms with Crippen molar-refractivity contribution in [3.8, 4) is 0 Å². The third kappa shape index (κ3) is 5.04. The SMILES string of the molecule is O=C(CNc1ccccc1[N+](=O)[O-])N1CCN(c2ccc(C(F)(F)F)cc2[N+](=O)[O-])CC1. The van der Waals surface area contributed by atoms with Gasteiger partial charge in [-0.25, -0.2) is 0 Å². The summed E-state index contributed by atoms with van der Waals surface area (Å²) in [5, 5.41) is 25.1. The van der Waals surface area contributed by atoms with Gasteiger partial charge in [-0.1, -0.05) is 12.1 Å². The van der Waals surface area contributed by atoms with Gasteiger partial charge in [-0.2, -0.15) is 13.2 Å². The summed E-state index contributed by atoms with van der Waals surface area (Å²) in [6.45, 7) is 0.559. The van der Waals surface area contributed by atoms with Gasteiger partial charge in [0.1, 0.15) is 11.4 Å². The zero-order valence-electron chi connectivity index (χ0n) is 16.5. The van der Waals surface area contributed by atoms with E-state index in [4.69, 9.17) is 0 Å². The van der Waals surface area contributed by atoms with Gasteiger partial charge in [-0.3, -0.25) is 25.0 Å². The van der Waals surface area contributed by atoms with Crippen LogP contribution in [0.3, 0.4) is 0 Å². The highest BCUT2D eigenvalue weighted by Crippen LogP contribution is 2.36. The first-order valence-electron chi connectivity index (χ1n) is 9.43. The number of nitro benzene ring substituents is 2. The van der Waals surface area contributed by atoms with E-state index >= 15 is 0 Å². The maximum Gasteiger partial charge on any atom is 0.416 e. The fourth-order valence-corrected chi connectivity index (χ4v) is 3.38. The Kier molecular flexibility index (Phi) is 6.46. The topological polar surface area (TPSA) is 122 Å². The molecule has 0 radical (unpaired) electrons. The van der Waals surface area contributed by atoms with E-state index in [2.05, 4.69) is 5.32 Å². The molecule has 1 fully saturated rings. The van der Waals surface area contributed by atoms with Gasteiger partial charge in [0, 0.05) is 38.3 Å². The zero-order chi connectivity index (χ0) is 23.5. The lowest BCUT2D eigenvalue weighted by atomic mass is 10.1. The predicted octanol–water partition coefficient (Wildman–Crippen LogP) is 3.28. The number of carbonyl (C=O) groups excluding carboxylic acids is 1. The molecule has 13 heteroatoms. The van der Waals surface area contributed by atoms with Crippen molar-refractivity contribution >= 4 is 28.7 Å². The van der Waals surface area contributed by atoms with E-state index < -0.39 is 27.3 Å². The first kappa shape index (κ1) is 22.8. The van der Waals surface area contributed by atoms with E-state index in [0.29, 0.717) is 6.07 Å². The van der Waals surface area contributed by atoms with Gasteiger partial charge in [-0.15, -0.1) is 0 Å². The number of carbonyl (C=O) groups is 1. The first-order valence-corrected chi connectivity index (χ1v) is 9.43. The standard InChI is InChI=1S/C19H18F3N5O5/c20-19(21,22)13-5-6-16(17(11-13)27(31)32)24-7-9-25(10-8-24)18(28)12-23-14-3-1-2-4-15(14)26(29)30/h1-6,11,23H,7-10,12H2. The van der Waals surface area contributed by atoms with Gasteiger partial charge in [0.05, 0.1) is 22.0 Å². The van der Waals surface area contributed by atoms with Crippen LogP contribution in [0.5, 0.6) is 0 Å². The molecule has 0 unspecified atom stereocenters. The molecule has 170 valence electrons. The molecule has 0 bridgehead atoms. The average Bonchev–Trinajstić information content (AvgIpc) is 2.76. The summed E-state index contributed by atoms with van der Waals surface area (Å²) in [5.41, 5.74) is -1.68. The minimum Gasteiger partial charge on any atom is -0.371 e. The smallest absolute Gasteiger partial charge is 0.371 e. The number of benzene rings is 2. The van der Waals surface area contributed by atoms with Crippen LogP contribution in [0.15, 0.2) is 42.5 Å². The van der Waals surface area contributed by atoms with E-state index in [1.807, 2.05) is 0 Å². The highest BCUT2D eigenvalue weighted by Gasteiger charge is 2.34. The van der Waals surface area contributed by atoms with Crippen molar-refractivity contribution < 1.29 is 27.8 Å². The second kappa shape index (κ2) is 9.08. The van der Waals surface area contributed by atoms with Crippen molar-refractivity contribution in [3.63, 3.8) is 0 Å². The molecule has 0 saturated carbocycles. The Labute approximate surface area is 179 Å². The van der Waals surface area contributed by atoms with Crippen LogP contribution in [0.2, 0.25) is 0 Å². The Hall–Kier alpha value is -3.90. The summed E-state index contributed by atoms with van der Waals surface area (Å²) in [6.07, 6.45) is -4.70. The number of anilines is 2. The van der Waals surface area contributed by atoms with Gasteiger partial charge in [-0.05, 0) is 18.2 Å². The number of hydrogen-bond donors (Lipinski definition) is 1. The molecule has 3 rings (SSSR count). The van der Waals surface area contributed by atoms with Crippen LogP contribution in [0.1, 0.15) is 5.56 Å². The van der Waals surface area contributed by atoms with Gasteiger partial charge >= 0.3 is 6.18 Å². The van der Waals surface area contributed by atoms with Gasteiger partial charge in [0.15, 0.2) is 0 Å². The highest BCUT2D eigenvalue weighted by molar-refractivity contribution is 5.82. The number of para-hydroxylation sites is 2. The average molecular weight is 453 g/mol. The van der Waals surface area contributed by atoms with Crippen LogP contribution < -0.4 is 10.2 Å². The third-order valence-corrected chi connectivity index (χ3v) is 5.00. The summed E-state index contributed by atoms with van der Waals surface area (Å²) < 4.78 is 38.7. The predicted molar refractivity (Wildman–Crippen MR) is 108 cm³/mol.